The van der Waals surface area contributed by atoms with E-state index in [0.717, 1.165) is 12.1 Å². The van der Waals surface area contributed by atoms with Crippen LogP contribution in [0.2, 0.25) is 10.0 Å². The van der Waals surface area contributed by atoms with Gasteiger partial charge in [-0.15, -0.1) is 0 Å². The maximum atomic E-state index is 14.2. The van der Waals surface area contributed by atoms with E-state index in [1.807, 2.05) is 0 Å². The first-order valence-electron chi connectivity index (χ1n) is 10.2. The van der Waals surface area contributed by atoms with Gasteiger partial charge in [-0.25, -0.2) is 8.42 Å². The van der Waals surface area contributed by atoms with Crippen molar-refractivity contribution in [1.82, 2.24) is 5.32 Å². The Morgan fingerprint density at radius 3 is 2.41 bits per heavy atom. The highest BCUT2D eigenvalue weighted by Gasteiger charge is 2.62. The summed E-state index contributed by atoms with van der Waals surface area (Å²) in [4.78, 5) is 17.5. The molecule has 0 spiro atoms. The van der Waals surface area contributed by atoms with Gasteiger partial charge < -0.3 is 10.2 Å². The molecule has 2 aliphatic rings. The number of nitrogens with zero attached hydrogens (tertiary/aromatic N) is 1. The molecule has 1 amide bonds. The van der Waals surface area contributed by atoms with Gasteiger partial charge in [0.15, 0.2) is 9.84 Å². The standard InChI is InChI=1S/C22H19Cl2F3N2O4S/c1-12-6-13(2-3-18(12)20(30)28-11-17-4-5-34(17,31)32)19-10-21(33-29-19,22(25,26)27)14-7-15(23)9-16(24)8-14/h2-3,6-9,17H,4-5,10-11H2,1H3,(H,28,30)/t17?,21-/m0/s1. The molecule has 12 heteroatoms. The van der Waals surface area contributed by atoms with Crippen LogP contribution >= 0.6 is 23.2 Å². The summed E-state index contributed by atoms with van der Waals surface area (Å²) in [5.41, 5.74) is -1.85. The fourth-order valence-corrected chi connectivity index (χ4v) is 5.77. The average Bonchev–Trinajstić information content (AvgIpc) is 3.19. The van der Waals surface area contributed by atoms with Crippen molar-refractivity contribution in [2.45, 2.75) is 36.8 Å². The van der Waals surface area contributed by atoms with Gasteiger partial charge in [-0.3, -0.25) is 4.79 Å². The van der Waals surface area contributed by atoms with Gasteiger partial charge in [0.1, 0.15) is 0 Å². The van der Waals surface area contributed by atoms with Gasteiger partial charge in [0.25, 0.3) is 11.5 Å². The molecule has 1 N–H and O–H groups in total. The Kier molecular flexibility index (Phi) is 6.37. The normalized spacial score (nSPS) is 23.6. The van der Waals surface area contributed by atoms with Gasteiger partial charge in [0, 0.05) is 34.1 Å². The number of nitrogens with one attached hydrogen (secondary N) is 1. The zero-order valence-corrected chi connectivity index (χ0v) is 20.1. The molecular weight excluding hydrogens is 516 g/mol. The van der Waals surface area contributed by atoms with E-state index in [4.69, 9.17) is 28.0 Å². The summed E-state index contributed by atoms with van der Waals surface area (Å²) in [7, 11) is -3.13. The third-order valence-corrected chi connectivity index (χ3v) is 8.70. The lowest BCUT2D eigenvalue weighted by Crippen LogP contribution is -2.45. The second kappa shape index (κ2) is 8.73. The van der Waals surface area contributed by atoms with Crippen molar-refractivity contribution in [2.24, 2.45) is 5.16 Å². The number of hydrogen-bond acceptors (Lipinski definition) is 5. The van der Waals surface area contributed by atoms with Gasteiger partial charge in [-0.1, -0.05) is 34.4 Å². The van der Waals surface area contributed by atoms with Crippen molar-refractivity contribution < 1.29 is 31.2 Å². The Labute approximate surface area is 204 Å². The number of amides is 1. The van der Waals surface area contributed by atoms with Crippen LogP contribution in [0.1, 0.15) is 39.9 Å². The highest BCUT2D eigenvalue weighted by atomic mass is 35.5. The molecule has 2 aromatic rings. The minimum atomic E-state index is -4.82. The topological polar surface area (TPSA) is 84.8 Å². The molecule has 34 heavy (non-hydrogen) atoms. The molecule has 0 aliphatic carbocycles. The van der Waals surface area contributed by atoms with E-state index < -0.39 is 39.2 Å². The van der Waals surface area contributed by atoms with Crippen molar-refractivity contribution in [3.8, 4) is 0 Å². The summed E-state index contributed by atoms with van der Waals surface area (Å²) >= 11 is 11.8. The van der Waals surface area contributed by atoms with Gasteiger partial charge in [-0.2, -0.15) is 13.2 Å². The minimum Gasteiger partial charge on any atom is -0.374 e. The van der Waals surface area contributed by atoms with Gasteiger partial charge >= 0.3 is 6.18 Å². The quantitative estimate of drug-likeness (QED) is 0.596. The van der Waals surface area contributed by atoms with Crippen molar-refractivity contribution in [3.63, 3.8) is 0 Å². The van der Waals surface area contributed by atoms with E-state index in [1.165, 1.54) is 24.3 Å². The van der Waals surface area contributed by atoms with Crippen LogP contribution in [-0.4, -0.2) is 43.8 Å². The molecule has 4 rings (SSSR count). The van der Waals surface area contributed by atoms with Gasteiger partial charge in [0.05, 0.1) is 16.7 Å². The fraction of sp³-hybridized carbons (Fsp3) is 0.364. The molecule has 0 aromatic heterocycles. The Morgan fingerprint density at radius 1 is 1.21 bits per heavy atom. The maximum Gasteiger partial charge on any atom is 0.435 e. The molecule has 2 aliphatic heterocycles. The van der Waals surface area contributed by atoms with Crippen LogP contribution in [0.3, 0.4) is 0 Å². The Hall–Kier alpha value is -2.30. The number of aryl methyl sites for hydroxylation is 1. The summed E-state index contributed by atoms with van der Waals surface area (Å²) in [6, 6.07) is 8.07. The molecule has 1 saturated heterocycles. The van der Waals surface area contributed by atoms with E-state index in [9.17, 15) is 26.4 Å². The van der Waals surface area contributed by atoms with Gasteiger partial charge in [-0.05, 0) is 54.8 Å². The zero-order chi connectivity index (χ0) is 24.9. The predicted octanol–water partition coefficient (Wildman–Crippen LogP) is 4.80. The van der Waals surface area contributed by atoms with Crippen LogP contribution in [0, 0.1) is 6.92 Å². The number of oxime groups is 1. The minimum absolute atomic E-state index is 0.0131. The first-order valence-corrected chi connectivity index (χ1v) is 12.7. The summed E-state index contributed by atoms with van der Waals surface area (Å²) in [5, 5.41) is 5.80. The molecule has 182 valence electrons. The maximum absolute atomic E-state index is 14.2. The monoisotopic (exact) mass is 534 g/mol. The van der Waals surface area contributed by atoms with Crippen molar-refractivity contribution in [3.05, 3.63) is 68.7 Å². The highest BCUT2D eigenvalue weighted by Crippen LogP contribution is 2.49. The SMILES string of the molecule is Cc1cc(C2=NO[C@@](c3cc(Cl)cc(Cl)c3)(C(F)(F)F)C2)ccc1C(=O)NCC1CCS1(=O)=O. The first-order chi connectivity index (χ1) is 15.8. The van der Waals surface area contributed by atoms with Gasteiger partial charge in [0.2, 0.25) is 0 Å². The number of alkyl halides is 3. The van der Waals surface area contributed by atoms with Crippen molar-refractivity contribution in [1.29, 1.82) is 0 Å². The lowest BCUT2D eigenvalue weighted by Gasteiger charge is -2.29. The van der Waals surface area contributed by atoms with E-state index >= 15 is 0 Å². The van der Waals surface area contributed by atoms with Crippen LogP contribution in [0.4, 0.5) is 13.2 Å². The lowest BCUT2D eigenvalue weighted by molar-refractivity contribution is -0.275. The predicted molar refractivity (Wildman–Crippen MR) is 122 cm³/mol. The number of hydrogen-bond donors (Lipinski definition) is 1. The molecular formula is C22H19Cl2F3N2O4S. The fourth-order valence-electron chi connectivity index (χ4n) is 3.95. The summed E-state index contributed by atoms with van der Waals surface area (Å²) in [6.45, 7) is 1.64. The second-order valence-corrected chi connectivity index (χ2v) is 11.6. The number of benzene rings is 2. The summed E-state index contributed by atoms with van der Waals surface area (Å²) in [6.07, 6.45) is -4.93. The molecule has 2 atom stereocenters. The van der Waals surface area contributed by atoms with Crippen LogP contribution < -0.4 is 5.32 Å². The van der Waals surface area contributed by atoms with Crippen LogP contribution in [0.25, 0.3) is 0 Å². The number of sulfone groups is 1. The van der Waals surface area contributed by atoms with E-state index in [0.29, 0.717) is 17.5 Å². The highest BCUT2D eigenvalue weighted by molar-refractivity contribution is 7.93. The molecule has 1 unspecified atom stereocenters. The third kappa shape index (κ3) is 4.50. The Balaban J connectivity index is 1.55. The summed E-state index contributed by atoms with van der Waals surface area (Å²) < 4.78 is 65.7. The molecule has 0 bridgehead atoms. The number of rotatable bonds is 5. The van der Waals surface area contributed by atoms with E-state index in [1.54, 1.807) is 6.92 Å². The molecule has 1 fully saturated rings. The number of carbonyl (C=O) groups is 1. The van der Waals surface area contributed by atoms with Crippen molar-refractivity contribution >= 4 is 44.7 Å². The van der Waals surface area contributed by atoms with Crippen LogP contribution in [-0.2, 0) is 20.3 Å². The summed E-state index contributed by atoms with van der Waals surface area (Å²) in [5.74, 6) is -0.347. The molecule has 0 radical (unpaired) electrons. The van der Waals surface area contributed by atoms with Crippen LogP contribution in [0.15, 0.2) is 41.6 Å². The Bertz CT molecular complexity index is 1280. The van der Waals surface area contributed by atoms with Crippen molar-refractivity contribution in [2.75, 3.05) is 12.3 Å². The third-order valence-electron chi connectivity index (χ3n) is 6.04. The zero-order valence-electron chi connectivity index (χ0n) is 17.7. The average molecular weight is 535 g/mol. The lowest BCUT2D eigenvalue weighted by atomic mass is 9.86. The molecule has 2 heterocycles. The number of halogens is 5. The second-order valence-electron chi connectivity index (χ2n) is 8.31. The molecule has 2 aromatic carbocycles. The first kappa shape index (κ1) is 24.8. The Morgan fingerprint density at radius 2 is 1.88 bits per heavy atom. The largest absolute Gasteiger partial charge is 0.435 e. The number of carbonyl (C=O) groups excluding carboxylic acids is 1. The smallest absolute Gasteiger partial charge is 0.374 e. The van der Waals surface area contributed by atoms with E-state index in [2.05, 4.69) is 10.5 Å². The molecule has 6 nitrogen and oxygen atoms in total. The van der Waals surface area contributed by atoms with Crippen LogP contribution in [0.5, 0.6) is 0 Å². The molecule has 0 saturated carbocycles. The van der Waals surface area contributed by atoms with E-state index in [-0.39, 0.29) is 39.2 Å².